The second-order valence-corrected chi connectivity index (χ2v) is 5.00. The van der Waals surface area contributed by atoms with Crippen molar-refractivity contribution in [3.8, 4) is 0 Å². The minimum absolute atomic E-state index is 0.0930. The maximum absolute atomic E-state index is 12.3. The van der Waals surface area contributed by atoms with Gasteiger partial charge in [0.15, 0.2) is 0 Å². The van der Waals surface area contributed by atoms with E-state index in [2.05, 4.69) is 22.2 Å². The largest absolute Gasteiger partial charge is 0.384 e. The van der Waals surface area contributed by atoms with Crippen molar-refractivity contribution < 1.29 is 4.79 Å². The van der Waals surface area contributed by atoms with Crippen LogP contribution in [0.1, 0.15) is 47.9 Å². The van der Waals surface area contributed by atoms with Gasteiger partial charge in [0.1, 0.15) is 5.82 Å². The predicted octanol–water partition coefficient (Wildman–Crippen LogP) is 2.50. The molecule has 1 unspecified atom stereocenters. The highest BCUT2D eigenvalue weighted by molar-refractivity contribution is 5.95. The Morgan fingerprint density at radius 3 is 2.71 bits per heavy atom. The number of carbonyl (C=O) groups excluding carboxylic acids is 1. The van der Waals surface area contributed by atoms with Crippen molar-refractivity contribution in [3.05, 3.63) is 53.5 Å². The van der Waals surface area contributed by atoms with Gasteiger partial charge in [-0.2, -0.15) is 0 Å². The molecular weight excluding hydrogens is 264 g/mol. The van der Waals surface area contributed by atoms with E-state index in [1.165, 1.54) is 0 Å². The molecule has 0 aliphatic carbocycles. The second kappa shape index (κ2) is 6.83. The lowest BCUT2D eigenvalue weighted by Crippen LogP contribution is -2.27. The van der Waals surface area contributed by atoms with Gasteiger partial charge >= 0.3 is 0 Å². The number of aromatic nitrogens is 2. The quantitative estimate of drug-likeness (QED) is 0.884. The van der Waals surface area contributed by atoms with Crippen LogP contribution >= 0.6 is 0 Å². The lowest BCUT2D eigenvalue weighted by Gasteiger charge is -2.14. The highest BCUT2D eigenvalue weighted by Crippen LogP contribution is 2.14. The number of carbonyl (C=O) groups is 1. The van der Waals surface area contributed by atoms with Crippen molar-refractivity contribution in [2.75, 3.05) is 5.73 Å². The molecular formula is C16H20N4O. The molecule has 0 bridgehead atoms. The lowest BCUT2D eigenvalue weighted by molar-refractivity contribution is 0.0939. The van der Waals surface area contributed by atoms with Crippen LogP contribution in [0.2, 0.25) is 0 Å². The number of nitrogens with zero attached hydrogens (tertiary/aromatic N) is 2. The van der Waals surface area contributed by atoms with Gasteiger partial charge in [-0.25, -0.2) is 4.98 Å². The Hall–Kier alpha value is -2.43. The summed E-state index contributed by atoms with van der Waals surface area (Å²) in [5.74, 6) is 0.230. The number of pyridine rings is 2. The molecule has 2 aromatic rings. The van der Waals surface area contributed by atoms with Crippen LogP contribution in [-0.4, -0.2) is 15.9 Å². The predicted molar refractivity (Wildman–Crippen MR) is 82.8 cm³/mol. The Bertz CT molecular complexity index is 613. The Labute approximate surface area is 124 Å². The highest BCUT2D eigenvalue weighted by Gasteiger charge is 2.13. The van der Waals surface area contributed by atoms with E-state index in [0.717, 1.165) is 24.1 Å². The van der Waals surface area contributed by atoms with E-state index in [9.17, 15) is 4.79 Å². The summed E-state index contributed by atoms with van der Waals surface area (Å²) in [6, 6.07) is 7.08. The third kappa shape index (κ3) is 4.02. The fourth-order valence-electron chi connectivity index (χ4n) is 2.14. The van der Waals surface area contributed by atoms with Crippen molar-refractivity contribution in [1.29, 1.82) is 0 Å². The average molecular weight is 284 g/mol. The normalized spacial score (nSPS) is 11.9. The molecule has 2 aromatic heterocycles. The van der Waals surface area contributed by atoms with Crippen LogP contribution in [0.4, 0.5) is 5.82 Å². The summed E-state index contributed by atoms with van der Waals surface area (Å²) in [5, 5.41) is 2.96. The molecule has 1 amide bonds. The number of nitrogens with two attached hydrogens (primary N) is 1. The first-order valence-corrected chi connectivity index (χ1v) is 7.07. The van der Waals surface area contributed by atoms with E-state index >= 15 is 0 Å². The minimum atomic E-state index is -0.147. The Balaban J connectivity index is 2.13. The van der Waals surface area contributed by atoms with Crippen LogP contribution in [0.15, 0.2) is 36.7 Å². The van der Waals surface area contributed by atoms with Gasteiger partial charge in [0.2, 0.25) is 0 Å². The van der Waals surface area contributed by atoms with E-state index in [0.29, 0.717) is 11.4 Å². The van der Waals surface area contributed by atoms with Crippen LogP contribution in [0.3, 0.4) is 0 Å². The van der Waals surface area contributed by atoms with Crippen LogP contribution in [0.25, 0.3) is 0 Å². The van der Waals surface area contributed by atoms with Crippen molar-refractivity contribution in [3.63, 3.8) is 0 Å². The zero-order valence-electron chi connectivity index (χ0n) is 12.3. The van der Waals surface area contributed by atoms with Crippen LogP contribution < -0.4 is 11.1 Å². The van der Waals surface area contributed by atoms with Crippen LogP contribution in [-0.2, 0) is 6.42 Å². The number of amides is 1. The Morgan fingerprint density at radius 2 is 2.05 bits per heavy atom. The molecule has 5 nitrogen and oxygen atoms in total. The highest BCUT2D eigenvalue weighted by atomic mass is 16.1. The molecule has 2 rings (SSSR count). The van der Waals surface area contributed by atoms with E-state index < -0.39 is 0 Å². The number of nitrogen functional groups attached to an aromatic ring is 1. The van der Waals surface area contributed by atoms with Crippen molar-refractivity contribution in [2.24, 2.45) is 0 Å². The van der Waals surface area contributed by atoms with E-state index in [-0.39, 0.29) is 11.9 Å². The molecule has 0 spiro atoms. The molecule has 2 heterocycles. The number of aryl methyl sites for hydroxylation is 1. The molecule has 3 N–H and O–H groups in total. The SMILES string of the molecule is CCCc1cc(C(=O)NC(C)c2ccncc2)cc(N)n1. The second-order valence-electron chi connectivity index (χ2n) is 5.00. The molecule has 21 heavy (non-hydrogen) atoms. The molecule has 0 aromatic carbocycles. The van der Waals surface area contributed by atoms with Gasteiger partial charge < -0.3 is 11.1 Å². The van der Waals surface area contributed by atoms with Gasteiger partial charge in [0.05, 0.1) is 6.04 Å². The van der Waals surface area contributed by atoms with E-state index in [1.54, 1.807) is 24.5 Å². The van der Waals surface area contributed by atoms with Crippen molar-refractivity contribution >= 4 is 11.7 Å². The zero-order valence-corrected chi connectivity index (χ0v) is 12.3. The molecule has 0 saturated heterocycles. The molecule has 1 atom stereocenters. The number of hydrogen-bond donors (Lipinski definition) is 2. The van der Waals surface area contributed by atoms with Gasteiger partial charge in [0.25, 0.3) is 5.91 Å². The molecule has 0 saturated carbocycles. The van der Waals surface area contributed by atoms with E-state index in [1.807, 2.05) is 19.1 Å². The van der Waals surface area contributed by atoms with Crippen LogP contribution in [0, 0.1) is 0 Å². The first-order valence-electron chi connectivity index (χ1n) is 7.07. The summed E-state index contributed by atoms with van der Waals surface area (Å²) in [5.41, 5.74) is 8.17. The van der Waals surface area contributed by atoms with Crippen molar-refractivity contribution in [1.82, 2.24) is 15.3 Å². The molecule has 0 aliphatic rings. The summed E-state index contributed by atoms with van der Waals surface area (Å²) < 4.78 is 0. The first-order chi connectivity index (χ1) is 10.1. The maximum atomic E-state index is 12.3. The van der Waals surface area contributed by atoms with E-state index in [4.69, 9.17) is 5.73 Å². The summed E-state index contributed by atoms with van der Waals surface area (Å²) in [6.45, 7) is 4.00. The minimum Gasteiger partial charge on any atom is -0.384 e. The smallest absolute Gasteiger partial charge is 0.251 e. The fourth-order valence-corrected chi connectivity index (χ4v) is 2.14. The fraction of sp³-hybridized carbons (Fsp3) is 0.312. The molecule has 5 heteroatoms. The average Bonchev–Trinajstić information content (AvgIpc) is 2.48. The summed E-state index contributed by atoms with van der Waals surface area (Å²) in [4.78, 5) is 20.5. The van der Waals surface area contributed by atoms with Gasteiger partial charge in [-0.1, -0.05) is 13.3 Å². The van der Waals surface area contributed by atoms with Gasteiger partial charge in [-0.15, -0.1) is 0 Å². The third-order valence-corrected chi connectivity index (χ3v) is 3.22. The summed E-state index contributed by atoms with van der Waals surface area (Å²) in [7, 11) is 0. The topological polar surface area (TPSA) is 80.9 Å². The van der Waals surface area contributed by atoms with Crippen molar-refractivity contribution in [2.45, 2.75) is 32.7 Å². The number of nitrogens with one attached hydrogen (secondary N) is 1. The first kappa shape index (κ1) is 15.0. The lowest BCUT2D eigenvalue weighted by atomic mass is 10.1. The van der Waals surface area contributed by atoms with Gasteiger partial charge in [-0.05, 0) is 43.2 Å². The third-order valence-electron chi connectivity index (χ3n) is 3.22. The zero-order chi connectivity index (χ0) is 15.2. The number of hydrogen-bond acceptors (Lipinski definition) is 4. The molecule has 0 radical (unpaired) electrons. The molecule has 0 aliphatic heterocycles. The summed E-state index contributed by atoms with van der Waals surface area (Å²) >= 11 is 0. The van der Waals surface area contributed by atoms with Crippen LogP contribution in [0.5, 0.6) is 0 Å². The standard InChI is InChI=1S/C16H20N4O/c1-3-4-14-9-13(10-15(17)20-14)16(21)19-11(2)12-5-7-18-8-6-12/h5-11H,3-4H2,1-2H3,(H2,17,20)(H,19,21). The number of rotatable bonds is 5. The Morgan fingerprint density at radius 1 is 1.33 bits per heavy atom. The van der Waals surface area contributed by atoms with Gasteiger partial charge in [0, 0.05) is 23.7 Å². The monoisotopic (exact) mass is 284 g/mol. The van der Waals surface area contributed by atoms with Gasteiger partial charge in [-0.3, -0.25) is 9.78 Å². The molecule has 110 valence electrons. The Kier molecular flexibility index (Phi) is 4.87. The molecule has 0 fully saturated rings. The maximum Gasteiger partial charge on any atom is 0.251 e. The summed E-state index contributed by atoms with van der Waals surface area (Å²) in [6.07, 6.45) is 5.19. The number of anilines is 1.